The third kappa shape index (κ3) is 2.71. The van der Waals surface area contributed by atoms with E-state index in [0.717, 1.165) is 26.2 Å². The molecule has 0 N–H and O–H groups in total. The van der Waals surface area contributed by atoms with E-state index in [1.54, 1.807) is 0 Å². The van der Waals surface area contributed by atoms with Crippen LogP contribution in [0.5, 0.6) is 0 Å². The summed E-state index contributed by atoms with van der Waals surface area (Å²) in [6.45, 7) is 3.96. The largest absolute Gasteiger partial charge is 0.375 e. The topological polar surface area (TPSA) is 35.2 Å². The van der Waals surface area contributed by atoms with Gasteiger partial charge in [-0.15, -0.1) is 0 Å². The summed E-state index contributed by atoms with van der Waals surface area (Å²) in [6.07, 6.45) is 11.3. The Morgan fingerprint density at radius 1 is 1.27 bits per heavy atom. The van der Waals surface area contributed by atoms with Gasteiger partial charge in [-0.1, -0.05) is 0 Å². The van der Waals surface area contributed by atoms with Crippen LogP contribution in [0.15, 0.2) is 36.9 Å². The first-order valence-electron chi connectivity index (χ1n) is 8.23. The molecule has 3 heterocycles. The fraction of sp³-hybridized carbons (Fsp3) is 0.588. The SMILES string of the molecule is Cn1cc(CN2CCO[C@@H]3[C@@H](Cn4cccc4)CC[C@H]32)cn1. The summed E-state index contributed by atoms with van der Waals surface area (Å²) in [5.74, 6) is 0.633. The molecule has 2 aromatic rings. The molecule has 5 heteroatoms. The Morgan fingerprint density at radius 3 is 2.91 bits per heavy atom. The zero-order valence-electron chi connectivity index (χ0n) is 13.1. The zero-order valence-corrected chi connectivity index (χ0v) is 13.1. The first kappa shape index (κ1) is 14.0. The van der Waals surface area contributed by atoms with Gasteiger partial charge < -0.3 is 9.30 Å². The van der Waals surface area contributed by atoms with Crippen LogP contribution < -0.4 is 0 Å². The van der Waals surface area contributed by atoms with Crippen LogP contribution in [-0.2, 0) is 24.9 Å². The predicted molar refractivity (Wildman–Crippen MR) is 84.3 cm³/mol. The number of nitrogens with zero attached hydrogens (tertiary/aromatic N) is 4. The second-order valence-electron chi connectivity index (χ2n) is 6.61. The number of aryl methyl sites for hydroxylation is 1. The minimum Gasteiger partial charge on any atom is -0.375 e. The number of hydrogen-bond donors (Lipinski definition) is 0. The molecule has 1 saturated carbocycles. The van der Waals surface area contributed by atoms with Gasteiger partial charge in [0.25, 0.3) is 0 Å². The maximum atomic E-state index is 6.16. The van der Waals surface area contributed by atoms with E-state index in [1.165, 1.54) is 18.4 Å². The lowest BCUT2D eigenvalue weighted by Crippen LogP contribution is -2.50. The van der Waals surface area contributed by atoms with Crippen LogP contribution >= 0.6 is 0 Å². The van der Waals surface area contributed by atoms with Crippen LogP contribution in [0.1, 0.15) is 18.4 Å². The fourth-order valence-corrected chi connectivity index (χ4v) is 4.08. The summed E-state index contributed by atoms with van der Waals surface area (Å²) >= 11 is 0. The minimum absolute atomic E-state index is 0.382. The molecule has 0 bridgehead atoms. The van der Waals surface area contributed by atoms with Crippen LogP contribution in [0.3, 0.4) is 0 Å². The number of hydrogen-bond acceptors (Lipinski definition) is 3. The Hall–Kier alpha value is -1.59. The summed E-state index contributed by atoms with van der Waals surface area (Å²) in [6, 6.07) is 4.76. The highest BCUT2D eigenvalue weighted by atomic mass is 16.5. The van der Waals surface area contributed by atoms with Gasteiger partial charge in [-0.25, -0.2) is 0 Å². The fourth-order valence-electron chi connectivity index (χ4n) is 4.08. The van der Waals surface area contributed by atoms with Gasteiger partial charge in [0, 0.05) is 62.8 Å². The van der Waals surface area contributed by atoms with E-state index in [9.17, 15) is 0 Å². The van der Waals surface area contributed by atoms with E-state index in [0.29, 0.717) is 18.1 Å². The van der Waals surface area contributed by atoms with Crippen molar-refractivity contribution in [2.24, 2.45) is 13.0 Å². The first-order valence-corrected chi connectivity index (χ1v) is 8.23. The second kappa shape index (κ2) is 5.89. The van der Waals surface area contributed by atoms with Crippen molar-refractivity contribution in [3.63, 3.8) is 0 Å². The molecule has 0 amide bonds. The number of morpholine rings is 1. The molecular formula is C17H24N4O. The normalized spacial score (nSPS) is 28.9. The molecule has 0 aromatic carbocycles. The van der Waals surface area contributed by atoms with Crippen molar-refractivity contribution in [2.75, 3.05) is 13.2 Å². The van der Waals surface area contributed by atoms with Crippen molar-refractivity contribution >= 4 is 0 Å². The van der Waals surface area contributed by atoms with Crippen LogP contribution in [0.4, 0.5) is 0 Å². The highest BCUT2D eigenvalue weighted by Crippen LogP contribution is 2.36. The monoisotopic (exact) mass is 300 g/mol. The molecule has 118 valence electrons. The van der Waals surface area contributed by atoms with Crippen molar-refractivity contribution in [1.82, 2.24) is 19.2 Å². The molecule has 22 heavy (non-hydrogen) atoms. The van der Waals surface area contributed by atoms with Gasteiger partial charge in [0.1, 0.15) is 0 Å². The molecule has 5 nitrogen and oxygen atoms in total. The van der Waals surface area contributed by atoms with Crippen LogP contribution in [-0.4, -0.2) is 44.5 Å². The predicted octanol–water partition coefficient (Wildman–Crippen LogP) is 1.90. The third-order valence-electron chi connectivity index (χ3n) is 5.09. The molecular weight excluding hydrogens is 276 g/mol. The van der Waals surface area contributed by atoms with Gasteiger partial charge in [-0.3, -0.25) is 9.58 Å². The lowest BCUT2D eigenvalue weighted by Gasteiger charge is -2.39. The maximum absolute atomic E-state index is 6.16. The molecule has 0 unspecified atom stereocenters. The Bertz CT molecular complexity index is 606. The molecule has 1 saturated heterocycles. The van der Waals surface area contributed by atoms with Crippen LogP contribution in [0, 0.1) is 5.92 Å². The molecule has 1 aliphatic heterocycles. The van der Waals surface area contributed by atoms with Crippen molar-refractivity contribution in [3.05, 3.63) is 42.5 Å². The quantitative estimate of drug-likeness (QED) is 0.865. The smallest absolute Gasteiger partial charge is 0.0776 e. The summed E-state index contributed by atoms with van der Waals surface area (Å²) in [4.78, 5) is 2.60. The average molecular weight is 300 g/mol. The zero-order chi connectivity index (χ0) is 14.9. The molecule has 4 rings (SSSR count). The molecule has 3 atom stereocenters. The highest BCUT2D eigenvalue weighted by Gasteiger charge is 2.42. The second-order valence-corrected chi connectivity index (χ2v) is 6.61. The number of ether oxygens (including phenoxy) is 1. The molecule has 1 aliphatic carbocycles. The van der Waals surface area contributed by atoms with Crippen molar-refractivity contribution < 1.29 is 4.74 Å². The van der Waals surface area contributed by atoms with Gasteiger partial charge in [0.15, 0.2) is 0 Å². The van der Waals surface area contributed by atoms with Gasteiger partial charge >= 0.3 is 0 Å². The van der Waals surface area contributed by atoms with Crippen molar-refractivity contribution in [3.8, 4) is 0 Å². The lowest BCUT2D eigenvalue weighted by atomic mass is 10.0. The minimum atomic E-state index is 0.382. The molecule has 2 aromatic heterocycles. The van der Waals surface area contributed by atoms with E-state index in [1.807, 2.05) is 17.9 Å². The third-order valence-corrected chi connectivity index (χ3v) is 5.09. The maximum Gasteiger partial charge on any atom is 0.0776 e. The van der Waals surface area contributed by atoms with Crippen LogP contribution in [0.25, 0.3) is 0 Å². The van der Waals surface area contributed by atoms with Gasteiger partial charge in [-0.2, -0.15) is 5.10 Å². The van der Waals surface area contributed by atoms with Gasteiger partial charge in [0.05, 0.1) is 18.9 Å². The molecule has 2 aliphatic rings. The summed E-state index contributed by atoms with van der Waals surface area (Å²) < 4.78 is 10.3. The van der Waals surface area contributed by atoms with E-state index in [4.69, 9.17) is 4.74 Å². The van der Waals surface area contributed by atoms with Crippen molar-refractivity contribution in [1.29, 1.82) is 0 Å². The molecule has 2 fully saturated rings. The summed E-state index contributed by atoms with van der Waals surface area (Å²) in [5, 5.41) is 4.29. The standard InChI is InChI=1S/C17H24N4O/c1-19-11-14(10-18-19)12-21-8-9-22-17-15(4-5-16(17)21)13-20-6-2-3-7-20/h2-3,6-7,10-11,15-17H,4-5,8-9,12-13H2,1H3/t15-,16-,17-/m1/s1. The summed E-state index contributed by atoms with van der Waals surface area (Å²) in [5.41, 5.74) is 1.30. The first-order chi connectivity index (χ1) is 10.8. The number of aromatic nitrogens is 3. The van der Waals surface area contributed by atoms with Gasteiger partial charge in [-0.05, 0) is 25.0 Å². The van der Waals surface area contributed by atoms with E-state index < -0.39 is 0 Å². The molecule has 0 spiro atoms. The van der Waals surface area contributed by atoms with Crippen LogP contribution in [0.2, 0.25) is 0 Å². The number of rotatable bonds is 4. The Kier molecular flexibility index (Phi) is 3.76. The van der Waals surface area contributed by atoms with E-state index >= 15 is 0 Å². The van der Waals surface area contributed by atoms with E-state index in [-0.39, 0.29) is 0 Å². The van der Waals surface area contributed by atoms with E-state index in [2.05, 4.69) is 45.3 Å². The van der Waals surface area contributed by atoms with Crippen molar-refractivity contribution in [2.45, 2.75) is 38.1 Å². The Morgan fingerprint density at radius 2 is 2.14 bits per heavy atom. The average Bonchev–Trinajstić information content (AvgIpc) is 3.23. The number of fused-ring (bicyclic) bond motifs is 1. The lowest BCUT2D eigenvalue weighted by molar-refractivity contribution is -0.0785. The Labute approximate surface area is 131 Å². The van der Waals surface area contributed by atoms with Gasteiger partial charge in [0.2, 0.25) is 0 Å². The Balaban J connectivity index is 1.44. The summed E-state index contributed by atoms with van der Waals surface area (Å²) in [7, 11) is 1.98. The highest BCUT2D eigenvalue weighted by molar-refractivity contribution is 5.06. The molecule has 0 radical (unpaired) electrons.